The first-order valence-electron chi connectivity index (χ1n) is 6.54. The number of benzene rings is 2. The van der Waals surface area contributed by atoms with Crippen LogP contribution in [0.5, 0.6) is 0 Å². The van der Waals surface area contributed by atoms with Gasteiger partial charge in [0.2, 0.25) is 5.78 Å². The molecule has 2 aromatic rings. The summed E-state index contributed by atoms with van der Waals surface area (Å²) in [6, 6.07) is 15.1. The van der Waals surface area contributed by atoms with Gasteiger partial charge in [-0.3, -0.25) is 14.5 Å². The van der Waals surface area contributed by atoms with Crippen LogP contribution < -0.4 is 4.90 Å². The summed E-state index contributed by atoms with van der Waals surface area (Å²) in [7, 11) is 0. The van der Waals surface area contributed by atoms with Crippen molar-refractivity contribution in [1.29, 1.82) is 0 Å². The van der Waals surface area contributed by atoms with Crippen LogP contribution in [0.1, 0.15) is 10.4 Å². The smallest absolute Gasteiger partial charge is 0.306 e. The molecule has 1 aliphatic heterocycles. The highest BCUT2D eigenvalue weighted by Crippen LogP contribution is 2.37. The molecule has 0 fully saturated rings. The SMILES string of the molecule is [N-]=[N+]=CC1(O)C(=O)c2ccccc2N(c2ccccc2)C1=O. The van der Waals surface area contributed by atoms with Gasteiger partial charge in [-0.1, -0.05) is 30.3 Å². The maximum Gasteiger partial charge on any atom is 0.306 e. The molecule has 0 saturated carbocycles. The lowest BCUT2D eigenvalue weighted by molar-refractivity contribution is -0.129. The van der Waals surface area contributed by atoms with Gasteiger partial charge in [0, 0.05) is 11.3 Å². The van der Waals surface area contributed by atoms with Crippen molar-refractivity contribution in [3.63, 3.8) is 0 Å². The van der Waals surface area contributed by atoms with E-state index in [-0.39, 0.29) is 5.56 Å². The lowest BCUT2D eigenvalue weighted by atomic mass is 9.86. The van der Waals surface area contributed by atoms with Gasteiger partial charge in [-0.15, -0.1) is 0 Å². The summed E-state index contributed by atoms with van der Waals surface area (Å²) in [4.78, 5) is 29.0. The fourth-order valence-electron chi connectivity index (χ4n) is 2.47. The van der Waals surface area contributed by atoms with Gasteiger partial charge in [-0.05, 0) is 24.3 Å². The first-order chi connectivity index (χ1) is 10.6. The Morgan fingerprint density at radius 1 is 1.05 bits per heavy atom. The van der Waals surface area contributed by atoms with Gasteiger partial charge >= 0.3 is 11.8 Å². The zero-order chi connectivity index (χ0) is 15.7. The molecule has 1 aliphatic rings. The van der Waals surface area contributed by atoms with Crippen LogP contribution >= 0.6 is 0 Å². The van der Waals surface area contributed by atoms with Gasteiger partial charge in [-0.2, -0.15) is 4.79 Å². The number of fused-ring (bicyclic) bond motifs is 1. The number of ketones is 1. The van der Waals surface area contributed by atoms with Crippen molar-refractivity contribution < 1.29 is 19.5 Å². The number of nitrogens with zero attached hydrogens (tertiary/aromatic N) is 3. The van der Waals surface area contributed by atoms with Crippen molar-refractivity contribution in [3.8, 4) is 0 Å². The maximum absolute atomic E-state index is 12.7. The number of rotatable bonds is 2. The van der Waals surface area contributed by atoms with Crippen LogP contribution in [0.25, 0.3) is 5.53 Å². The van der Waals surface area contributed by atoms with E-state index < -0.39 is 17.3 Å². The van der Waals surface area contributed by atoms with Crippen LogP contribution in [-0.2, 0) is 4.79 Å². The molecule has 0 saturated heterocycles. The Labute approximate surface area is 125 Å². The third-order valence-electron chi connectivity index (χ3n) is 3.52. The highest BCUT2D eigenvalue weighted by molar-refractivity contribution is 6.36. The lowest BCUT2D eigenvalue weighted by Crippen LogP contribution is -2.58. The molecule has 1 heterocycles. The summed E-state index contributed by atoms with van der Waals surface area (Å²) in [6.45, 7) is 0. The molecular formula is C16H11N3O3. The number of aliphatic hydroxyl groups is 1. The maximum atomic E-state index is 12.7. The predicted octanol–water partition coefficient (Wildman–Crippen LogP) is 1.58. The summed E-state index contributed by atoms with van der Waals surface area (Å²) in [5.74, 6) is -1.71. The Morgan fingerprint density at radius 2 is 1.68 bits per heavy atom. The second kappa shape index (κ2) is 5.04. The Balaban J connectivity index is 2.29. The quantitative estimate of drug-likeness (QED) is 0.394. The number of carbonyl (C=O) groups is 2. The van der Waals surface area contributed by atoms with Gasteiger partial charge < -0.3 is 10.6 Å². The van der Waals surface area contributed by atoms with E-state index in [1.54, 1.807) is 48.5 Å². The number of hydrogen-bond donors (Lipinski definition) is 1. The molecule has 6 heteroatoms. The number of hydrogen-bond acceptors (Lipinski definition) is 3. The number of amides is 1. The van der Waals surface area contributed by atoms with Crippen LogP contribution in [0, 0.1) is 0 Å². The molecule has 0 radical (unpaired) electrons. The van der Waals surface area contributed by atoms with E-state index in [0.717, 1.165) is 0 Å². The molecule has 22 heavy (non-hydrogen) atoms. The third kappa shape index (κ3) is 1.87. The number of carbonyl (C=O) groups excluding carboxylic acids is 2. The van der Waals surface area contributed by atoms with Gasteiger partial charge in [0.05, 0.1) is 5.69 Å². The fraction of sp³-hybridized carbons (Fsp3) is 0.0625. The van der Waals surface area contributed by atoms with Gasteiger partial charge in [-0.25, -0.2) is 0 Å². The first-order valence-corrected chi connectivity index (χ1v) is 6.54. The summed E-state index contributed by atoms with van der Waals surface area (Å²) in [5.41, 5.74) is 7.23. The summed E-state index contributed by atoms with van der Waals surface area (Å²) in [5, 5.41) is 10.4. The average molecular weight is 293 g/mol. The number of Topliss-reactive ketones (excluding diaryl/α,β-unsaturated/α-hetero) is 1. The van der Waals surface area contributed by atoms with Crippen LogP contribution in [0.3, 0.4) is 0 Å². The lowest BCUT2D eigenvalue weighted by Gasteiger charge is -2.34. The summed E-state index contributed by atoms with van der Waals surface area (Å²) in [6.07, 6.45) is 0.545. The van der Waals surface area contributed by atoms with E-state index in [0.29, 0.717) is 17.6 Å². The van der Waals surface area contributed by atoms with E-state index in [1.807, 2.05) is 0 Å². The minimum Gasteiger partial charge on any atom is -0.364 e. The van der Waals surface area contributed by atoms with Crippen LogP contribution in [0.15, 0.2) is 54.6 Å². The largest absolute Gasteiger partial charge is 0.364 e. The van der Waals surface area contributed by atoms with Crippen molar-refractivity contribution >= 4 is 29.3 Å². The molecule has 2 aromatic carbocycles. The molecule has 0 aliphatic carbocycles. The van der Waals surface area contributed by atoms with E-state index in [4.69, 9.17) is 5.53 Å². The normalized spacial score (nSPS) is 20.3. The zero-order valence-corrected chi connectivity index (χ0v) is 11.4. The number of para-hydroxylation sites is 2. The molecular weight excluding hydrogens is 282 g/mol. The second-order valence-corrected chi connectivity index (χ2v) is 4.83. The van der Waals surface area contributed by atoms with Crippen LogP contribution in [0.2, 0.25) is 0 Å². The zero-order valence-electron chi connectivity index (χ0n) is 11.4. The minimum absolute atomic E-state index is 0.174. The number of anilines is 2. The molecule has 1 N–H and O–H groups in total. The van der Waals surface area contributed by atoms with Crippen LogP contribution in [0.4, 0.5) is 11.4 Å². The van der Waals surface area contributed by atoms with Crippen LogP contribution in [-0.4, -0.2) is 33.4 Å². The van der Waals surface area contributed by atoms with Gasteiger partial charge in [0.25, 0.3) is 5.91 Å². The average Bonchev–Trinajstić information content (AvgIpc) is 2.55. The fourth-order valence-corrected chi connectivity index (χ4v) is 2.47. The highest BCUT2D eigenvalue weighted by Gasteiger charge is 2.54. The Bertz CT molecular complexity index is 812. The first kappa shape index (κ1) is 13.9. The minimum atomic E-state index is -2.53. The third-order valence-corrected chi connectivity index (χ3v) is 3.52. The molecule has 1 unspecified atom stereocenters. The summed E-state index contributed by atoms with van der Waals surface area (Å²) >= 11 is 0. The van der Waals surface area contributed by atoms with E-state index in [1.165, 1.54) is 11.0 Å². The molecule has 1 atom stereocenters. The molecule has 1 amide bonds. The second-order valence-electron chi connectivity index (χ2n) is 4.83. The molecule has 3 rings (SSSR count). The van der Waals surface area contributed by atoms with E-state index in [2.05, 4.69) is 4.79 Å². The predicted molar refractivity (Wildman–Crippen MR) is 79.0 cm³/mol. The van der Waals surface area contributed by atoms with E-state index >= 15 is 0 Å². The van der Waals surface area contributed by atoms with Crippen molar-refractivity contribution in [2.75, 3.05) is 4.90 Å². The van der Waals surface area contributed by atoms with Crippen molar-refractivity contribution in [3.05, 3.63) is 65.7 Å². The Morgan fingerprint density at radius 3 is 2.36 bits per heavy atom. The molecule has 6 nitrogen and oxygen atoms in total. The standard InChI is InChI=1S/C16H11N3O3/c17-18-10-16(22)14(20)12-8-4-5-9-13(12)19(15(16)21)11-6-2-1-3-7-11/h1-10,22H. The highest BCUT2D eigenvalue weighted by atomic mass is 16.3. The molecule has 108 valence electrons. The van der Waals surface area contributed by atoms with Gasteiger partial charge in [0.15, 0.2) is 0 Å². The molecule has 0 aromatic heterocycles. The topological polar surface area (TPSA) is 94.0 Å². The Hall–Kier alpha value is -3.08. The summed E-state index contributed by atoms with van der Waals surface area (Å²) < 4.78 is 0. The Kier molecular flexibility index (Phi) is 3.18. The van der Waals surface area contributed by atoms with Crippen molar-refractivity contribution in [2.45, 2.75) is 5.60 Å². The van der Waals surface area contributed by atoms with E-state index in [9.17, 15) is 14.7 Å². The van der Waals surface area contributed by atoms with Crippen molar-refractivity contribution in [2.24, 2.45) is 0 Å². The molecule has 0 spiro atoms. The van der Waals surface area contributed by atoms with Gasteiger partial charge in [0.1, 0.15) is 0 Å². The van der Waals surface area contributed by atoms with Crippen molar-refractivity contribution in [1.82, 2.24) is 0 Å². The monoisotopic (exact) mass is 293 g/mol. The molecule has 0 bridgehead atoms.